The molecule has 4 aromatic rings. The van der Waals surface area contributed by atoms with Gasteiger partial charge in [-0.1, -0.05) is 30.4 Å². The first-order valence-electron chi connectivity index (χ1n) is 9.36. The quantitative estimate of drug-likeness (QED) is 0.501. The van der Waals surface area contributed by atoms with Gasteiger partial charge in [-0.3, -0.25) is 15.0 Å². The fraction of sp³-hybridized carbons (Fsp3) is 0.0909. The van der Waals surface area contributed by atoms with E-state index in [2.05, 4.69) is 42.8 Å². The van der Waals surface area contributed by atoms with E-state index < -0.39 is 0 Å². The molecule has 0 spiro atoms. The highest BCUT2D eigenvalue weighted by molar-refractivity contribution is 5.95. The van der Waals surface area contributed by atoms with Crippen LogP contribution in [0.2, 0.25) is 0 Å². The second-order valence-electron chi connectivity index (χ2n) is 6.88. The molecular weight excluding hydrogens is 364 g/mol. The van der Waals surface area contributed by atoms with Crippen LogP contribution in [0.5, 0.6) is 0 Å². The fourth-order valence-electron chi connectivity index (χ4n) is 3.52. The number of carbonyl (C=O) groups is 1. The summed E-state index contributed by atoms with van der Waals surface area (Å²) in [5, 5.41) is 18.4. The van der Waals surface area contributed by atoms with Gasteiger partial charge in [0.05, 0.1) is 11.2 Å². The highest BCUT2D eigenvalue weighted by atomic mass is 16.1. The second kappa shape index (κ2) is 7.20. The predicted molar refractivity (Wildman–Crippen MR) is 110 cm³/mol. The molecule has 2 heterocycles. The summed E-state index contributed by atoms with van der Waals surface area (Å²) in [6.07, 6.45) is 8.34. The zero-order chi connectivity index (χ0) is 19.6. The Labute approximate surface area is 166 Å². The largest absolute Gasteiger partial charge is 0.322 e. The Morgan fingerprint density at radius 2 is 2.00 bits per heavy atom. The van der Waals surface area contributed by atoms with E-state index in [1.54, 1.807) is 12.1 Å². The minimum absolute atomic E-state index is 0.108. The van der Waals surface area contributed by atoms with Crippen molar-refractivity contribution in [1.82, 2.24) is 30.7 Å². The summed E-state index contributed by atoms with van der Waals surface area (Å²) in [6.45, 7) is 0. The number of nitrogens with zero attached hydrogens (tertiary/aromatic N) is 3. The summed E-state index contributed by atoms with van der Waals surface area (Å²) in [5.74, 6) is 0.773. The number of rotatable bonds is 4. The van der Waals surface area contributed by atoms with E-state index >= 15 is 0 Å². The normalized spacial score (nSPS) is 16.0. The average molecular weight is 382 g/mol. The van der Waals surface area contributed by atoms with Crippen molar-refractivity contribution in [3.8, 4) is 11.4 Å². The first-order valence-corrected chi connectivity index (χ1v) is 9.36. The number of hydrogen-bond acceptors (Lipinski definition) is 4. The number of aromatic amines is 2. The zero-order valence-corrected chi connectivity index (χ0v) is 15.5. The van der Waals surface area contributed by atoms with Crippen LogP contribution in [0.3, 0.4) is 0 Å². The van der Waals surface area contributed by atoms with E-state index in [9.17, 15) is 4.79 Å². The lowest BCUT2D eigenvalue weighted by molar-refractivity contribution is 0.0967. The summed E-state index contributed by atoms with van der Waals surface area (Å²) in [7, 11) is 0. The Morgan fingerprint density at radius 1 is 1.10 bits per heavy atom. The Kier molecular flexibility index (Phi) is 4.25. The minimum atomic E-state index is -0.108. The summed E-state index contributed by atoms with van der Waals surface area (Å²) in [4.78, 5) is 16.6. The van der Waals surface area contributed by atoms with Crippen LogP contribution in [0.25, 0.3) is 22.3 Å². The molecule has 5 rings (SSSR count). The van der Waals surface area contributed by atoms with Crippen LogP contribution >= 0.6 is 0 Å². The van der Waals surface area contributed by atoms with Crippen LogP contribution in [0.15, 0.2) is 78.8 Å². The number of H-pyrrole nitrogens is 2. The number of fused-ring (bicyclic) bond motifs is 1. The number of carbonyl (C=O) groups excluding carboxylic acids is 1. The monoisotopic (exact) mass is 382 g/mol. The van der Waals surface area contributed by atoms with Gasteiger partial charge in [-0.2, -0.15) is 10.2 Å². The minimum Gasteiger partial charge on any atom is -0.322 e. The summed E-state index contributed by atoms with van der Waals surface area (Å²) >= 11 is 0. The van der Waals surface area contributed by atoms with E-state index in [-0.39, 0.29) is 11.8 Å². The Balaban J connectivity index is 1.35. The molecule has 1 atom stereocenters. The van der Waals surface area contributed by atoms with Crippen molar-refractivity contribution >= 4 is 16.8 Å². The Hall–Kier alpha value is -4.00. The first-order chi connectivity index (χ1) is 14.3. The van der Waals surface area contributed by atoms with E-state index in [1.165, 1.54) is 6.33 Å². The Bertz CT molecular complexity index is 1220. The van der Waals surface area contributed by atoms with Gasteiger partial charge in [0, 0.05) is 28.1 Å². The Morgan fingerprint density at radius 3 is 2.76 bits per heavy atom. The molecule has 7 nitrogen and oxygen atoms in total. The smallest absolute Gasteiger partial charge is 0.255 e. The number of amides is 1. The molecule has 0 bridgehead atoms. The molecular formula is C22H18N6O. The number of hydrogen-bond donors (Lipinski definition) is 3. The van der Waals surface area contributed by atoms with Crippen molar-refractivity contribution in [2.75, 3.05) is 0 Å². The van der Waals surface area contributed by atoms with Gasteiger partial charge in [-0.05, 0) is 42.8 Å². The van der Waals surface area contributed by atoms with Gasteiger partial charge in [0.1, 0.15) is 6.33 Å². The second-order valence-corrected chi connectivity index (χ2v) is 6.88. The van der Waals surface area contributed by atoms with Crippen molar-refractivity contribution in [3.63, 3.8) is 0 Å². The van der Waals surface area contributed by atoms with E-state index in [4.69, 9.17) is 0 Å². The molecule has 1 aliphatic rings. The third-order valence-electron chi connectivity index (χ3n) is 5.04. The summed E-state index contributed by atoms with van der Waals surface area (Å²) in [5.41, 5.74) is 4.36. The molecule has 0 fully saturated rings. The number of nitrogens with one attached hydrogen (secondary N) is 3. The standard InChI is InChI=1S/C22H18N6O/c29-22(15-4-2-1-3-5-15)25-17-9-6-14(7-10-17)20-18-12-16(21-23-13-24-28-21)8-11-19(18)26-27-20/h1-6,8-14H,7H2,(H,25,29)(H,26,27)(H,23,24,28). The molecule has 0 saturated heterocycles. The molecule has 1 unspecified atom stereocenters. The molecule has 0 radical (unpaired) electrons. The summed E-state index contributed by atoms with van der Waals surface area (Å²) in [6, 6.07) is 15.2. The van der Waals surface area contributed by atoms with Crippen LogP contribution in [0.1, 0.15) is 28.4 Å². The molecule has 1 amide bonds. The molecule has 1 aliphatic carbocycles. The molecule has 29 heavy (non-hydrogen) atoms. The maximum absolute atomic E-state index is 12.3. The van der Waals surface area contributed by atoms with Gasteiger partial charge < -0.3 is 5.32 Å². The highest BCUT2D eigenvalue weighted by Gasteiger charge is 2.18. The van der Waals surface area contributed by atoms with Crippen molar-refractivity contribution < 1.29 is 4.79 Å². The van der Waals surface area contributed by atoms with Crippen LogP contribution in [0, 0.1) is 0 Å². The first kappa shape index (κ1) is 17.1. The van der Waals surface area contributed by atoms with Crippen molar-refractivity contribution in [1.29, 1.82) is 0 Å². The maximum atomic E-state index is 12.3. The molecule has 0 aliphatic heterocycles. The van der Waals surface area contributed by atoms with Crippen molar-refractivity contribution in [2.24, 2.45) is 0 Å². The van der Waals surface area contributed by atoms with Gasteiger partial charge in [-0.25, -0.2) is 4.98 Å². The number of aromatic nitrogens is 5. The van der Waals surface area contributed by atoms with Gasteiger partial charge in [0.2, 0.25) is 0 Å². The van der Waals surface area contributed by atoms with Crippen LogP contribution in [0.4, 0.5) is 0 Å². The van der Waals surface area contributed by atoms with Crippen LogP contribution in [-0.4, -0.2) is 31.3 Å². The van der Waals surface area contributed by atoms with Gasteiger partial charge in [-0.15, -0.1) is 0 Å². The van der Waals surface area contributed by atoms with Gasteiger partial charge in [0.15, 0.2) is 5.82 Å². The number of allylic oxidation sites excluding steroid dienone is 3. The number of benzene rings is 2. The lowest BCUT2D eigenvalue weighted by atomic mass is 9.93. The zero-order valence-electron chi connectivity index (χ0n) is 15.5. The fourth-order valence-corrected chi connectivity index (χ4v) is 3.52. The lowest BCUT2D eigenvalue weighted by Crippen LogP contribution is -2.22. The SMILES string of the molecule is O=C(NC1=CCC(c2[nH]nc3ccc(-c4ncn[nH]4)cc23)C=C1)c1ccccc1. The lowest BCUT2D eigenvalue weighted by Gasteiger charge is -2.16. The van der Waals surface area contributed by atoms with Crippen LogP contribution < -0.4 is 5.32 Å². The molecule has 7 heteroatoms. The van der Waals surface area contributed by atoms with E-state index in [1.807, 2.05) is 42.5 Å². The molecule has 2 aromatic heterocycles. The highest BCUT2D eigenvalue weighted by Crippen LogP contribution is 2.32. The van der Waals surface area contributed by atoms with E-state index in [0.29, 0.717) is 5.56 Å². The molecule has 2 aromatic carbocycles. The van der Waals surface area contributed by atoms with Gasteiger partial charge in [0.25, 0.3) is 5.91 Å². The van der Waals surface area contributed by atoms with Crippen LogP contribution in [-0.2, 0) is 0 Å². The van der Waals surface area contributed by atoms with Gasteiger partial charge >= 0.3 is 0 Å². The summed E-state index contributed by atoms with van der Waals surface area (Å²) < 4.78 is 0. The average Bonchev–Trinajstić information content (AvgIpc) is 3.45. The van der Waals surface area contributed by atoms with Crippen molar-refractivity contribution in [2.45, 2.75) is 12.3 Å². The molecule has 0 saturated carbocycles. The topological polar surface area (TPSA) is 99.3 Å². The molecule has 142 valence electrons. The predicted octanol–water partition coefficient (Wildman–Crippen LogP) is 3.71. The third kappa shape index (κ3) is 3.34. The van der Waals surface area contributed by atoms with Crippen molar-refractivity contribution in [3.05, 3.63) is 90.0 Å². The third-order valence-corrected chi connectivity index (χ3v) is 5.04. The van der Waals surface area contributed by atoms with E-state index in [0.717, 1.165) is 40.1 Å². The maximum Gasteiger partial charge on any atom is 0.255 e. The molecule has 3 N–H and O–H groups in total.